The van der Waals surface area contributed by atoms with Gasteiger partial charge in [-0.05, 0) is 57.2 Å². The van der Waals surface area contributed by atoms with Gasteiger partial charge in [0.1, 0.15) is 5.60 Å². The number of hydrogen-bond acceptors (Lipinski definition) is 7. The minimum absolute atomic E-state index is 0.257. The minimum atomic E-state index is -0.463. The molecule has 0 aromatic heterocycles. The highest BCUT2D eigenvalue weighted by molar-refractivity contribution is 5.68. The number of nitrogens with zero attached hydrogens (tertiary/aromatic N) is 5. The molecule has 0 radical (unpaired) electrons. The number of rotatable bonds is 2. The summed E-state index contributed by atoms with van der Waals surface area (Å²) in [5.74, 6) is 0. The molecule has 0 bridgehead atoms. The van der Waals surface area contributed by atoms with E-state index in [2.05, 4.69) is 33.3 Å². The average Bonchev–Trinajstić information content (AvgIpc) is 2.89. The summed E-state index contributed by atoms with van der Waals surface area (Å²) in [6.45, 7) is 12.5. The zero-order chi connectivity index (χ0) is 25.3. The van der Waals surface area contributed by atoms with E-state index in [0.717, 1.165) is 56.2 Å². The Hall–Kier alpha value is -3.75. The van der Waals surface area contributed by atoms with Crippen molar-refractivity contribution in [3.63, 3.8) is 0 Å². The molecule has 1 N–H and O–H groups in total. The van der Waals surface area contributed by atoms with Crippen molar-refractivity contribution >= 4 is 17.5 Å². The molecule has 2 aromatic rings. The van der Waals surface area contributed by atoms with Crippen molar-refractivity contribution < 1.29 is 9.53 Å². The van der Waals surface area contributed by atoms with Crippen LogP contribution < -0.4 is 15.1 Å². The van der Waals surface area contributed by atoms with E-state index in [4.69, 9.17) is 15.3 Å². The molecule has 2 aliphatic rings. The Kier molecular flexibility index (Phi) is 8.94. The average molecular weight is 475 g/mol. The monoisotopic (exact) mass is 474 g/mol. The van der Waals surface area contributed by atoms with Crippen LogP contribution in [0.5, 0.6) is 0 Å². The van der Waals surface area contributed by atoms with Crippen molar-refractivity contribution in [2.45, 2.75) is 26.4 Å². The lowest BCUT2D eigenvalue weighted by Gasteiger charge is -2.36. The Morgan fingerprint density at radius 3 is 1.77 bits per heavy atom. The smallest absolute Gasteiger partial charge is 0.410 e. The predicted molar refractivity (Wildman–Crippen MR) is 137 cm³/mol. The second-order valence-corrected chi connectivity index (χ2v) is 9.52. The number of benzene rings is 2. The molecule has 184 valence electrons. The summed E-state index contributed by atoms with van der Waals surface area (Å²) in [5, 5.41) is 21.0. The van der Waals surface area contributed by atoms with Crippen LogP contribution in [-0.4, -0.2) is 69.0 Å². The van der Waals surface area contributed by atoms with E-state index in [0.29, 0.717) is 18.7 Å². The molecule has 35 heavy (non-hydrogen) atoms. The molecule has 2 fully saturated rings. The molecule has 1 amide bonds. The zero-order valence-corrected chi connectivity index (χ0v) is 20.8. The fraction of sp³-hybridized carbons (Fsp3) is 0.444. The van der Waals surface area contributed by atoms with Crippen molar-refractivity contribution in [1.29, 1.82) is 10.5 Å². The minimum Gasteiger partial charge on any atom is -0.444 e. The molecule has 0 spiro atoms. The van der Waals surface area contributed by atoms with Gasteiger partial charge < -0.3 is 24.8 Å². The maximum atomic E-state index is 12.0. The summed E-state index contributed by atoms with van der Waals surface area (Å²) in [6, 6.07) is 19.6. The molecule has 4 rings (SSSR count). The van der Waals surface area contributed by atoms with Gasteiger partial charge in [-0.2, -0.15) is 10.5 Å². The maximum Gasteiger partial charge on any atom is 0.410 e. The van der Waals surface area contributed by atoms with Crippen LogP contribution in [0.25, 0.3) is 0 Å². The van der Waals surface area contributed by atoms with Gasteiger partial charge in [0.2, 0.25) is 0 Å². The molecule has 8 nitrogen and oxygen atoms in total. The molecule has 0 saturated carbocycles. The van der Waals surface area contributed by atoms with Crippen molar-refractivity contribution in [2.75, 3.05) is 62.2 Å². The third kappa shape index (κ3) is 7.91. The molecular weight excluding hydrogens is 440 g/mol. The van der Waals surface area contributed by atoms with Crippen LogP contribution in [0.2, 0.25) is 0 Å². The van der Waals surface area contributed by atoms with Crippen LogP contribution in [0.4, 0.5) is 16.2 Å². The number of piperazine rings is 2. The van der Waals surface area contributed by atoms with Gasteiger partial charge in [-0.25, -0.2) is 4.79 Å². The first kappa shape index (κ1) is 25.9. The summed E-state index contributed by atoms with van der Waals surface area (Å²) >= 11 is 0. The molecule has 0 unspecified atom stereocenters. The highest BCUT2D eigenvalue weighted by atomic mass is 16.6. The summed E-state index contributed by atoms with van der Waals surface area (Å²) in [7, 11) is 0. The topological polar surface area (TPSA) is 95.6 Å². The first-order chi connectivity index (χ1) is 16.8. The van der Waals surface area contributed by atoms with Gasteiger partial charge in [0.05, 0.1) is 23.3 Å². The van der Waals surface area contributed by atoms with Gasteiger partial charge in [0.15, 0.2) is 0 Å². The van der Waals surface area contributed by atoms with E-state index < -0.39 is 5.60 Å². The Morgan fingerprint density at radius 2 is 1.31 bits per heavy atom. The highest BCUT2D eigenvalue weighted by Gasteiger charge is 2.26. The third-order valence-electron chi connectivity index (χ3n) is 5.73. The standard InChI is InChI=1S/C16H21N3O2.C11H13N3/c1-16(2,3)21-15(20)19-9-7-18(8-10-19)14-6-4-5-13(11-14)12-17;12-9-10-2-1-3-11(8-10)14-6-4-13-5-7-14/h4-6,11H,7-10H2,1-3H3;1-3,8,13H,4-7H2. The van der Waals surface area contributed by atoms with E-state index >= 15 is 0 Å². The summed E-state index contributed by atoms with van der Waals surface area (Å²) in [6.07, 6.45) is -0.257. The van der Waals surface area contributed by atoms with Gasteiger partial charge in [0.25, 0.3) is 0 Å². The lowest BCUT2D eigenvalue weighted by atomic mass is 10.2. The van der Waals surface area contributed by atoms with Crippen LogP contribution >= 0.6 is 0 Å². The van der Waals surface area contributed by atoms with Gasteiger partial charge in [0, 0.05) is 63.7 Å². The van der Waals surface area contributed by atoms with Crippen LogP contribution in [-0.2, 0) is 4.74 Å². The molecule has 2 heterocycles. The van der Waals surface area contributed by atoms with Gasteiger partial charge >= 0.3 is 6.09 Å². The largest absolute Gasteiger partial charge is 0.444 e. The fourth-order valence-corrected chi connectivity index (χ4v) is 3.94. The number of anilines is 2. The second kappa shape index (κ2) is 12.1. The quantitative estimate of drug-likeness (QED) is 0.711. The number of carbonyl (C=O) groups excluding carboxylic acids is 1. The summed E-state index contributed by atoms with van der Waals surface area (Å²) in [5.41, 5.74) is 3.11. The zero-order valence-electron chi connectivity index (χ0n) is 20.8. The van der Waals surface area contributed by atoms with Crippen LogP contribution in [0, 0.1) is 22.7 Å². The second-order valence-electron chi connectivity index (χ2n) is 9.52. The third-order valence-corrected chi connectivity index (χ3v) is 5.73. The van der Waals surface area contributed by atoms with Crippen molar-refractivity contribution in [2.24, 2.45) is 0 Å². The van der Waals surface area contributed by atoms with Crippen molar-refractivity contribution in [1.82, 2.24) is 10.2 Å². The normalized spacial score (nSPS) is 15.9. The first-order valence-electron chi connectivity index (χ1n) is 12.0. The number of amides is 1. The van der Waals surface area contributed by atoms with Crippen molar-refractivity contribution in [3.8, 4) is 12.1 Å². The van der Waals surface area contributed by atoms with Crippen LogP contribution in [0.1, 0.15) is 31.9 Å². The fourth-order valence-electron chi connectivity index (χ4n) is 3.94. The Labute approximate surface area is 208 Å². The predicted octanol–water partition coefficient (Wildman–Crippen LogP) is 3.58. The molecular formula is C27H34N6O2. The Balaban J connectivity index is 0.000000211. The molecule has 0 aliphatic carbocycles. The molecule has 2 aromatic carbocycles. The molecule has 8 heteroatoms. The van der Waals surface area contributed by atoms with Crippen LogP contribution in [0.15, 0.2) is 48.5 Å². The Bertz CT molecular complexity index is 1070. The summed E-state index contributed by atoms with van der Waals surface area (Å²) < 4.78 is 5.38. The van der Waals surface area contributed by atoms with Gasteiger partial charge in [-0.1, -0.05) is 12.1 Å². The van der Waals surface area contributed by atoms with E-state index in [1.165, 1.54) is 0 Å². The number of ether oxygens (including phenoxy) is 1. The van der Waals surface area contributed by atoms with Crippen LogP contribution in [0.3, 0.4) is 0 Å². The summed E-state index contributed by atoms with van der Waals surface area (Å²) in [4.78, 5) is 18.2. The molecule has 2 saturated heterocycles. The number of nitrogens with one attached hydrogen (secondary N) is 1. The number of carbonyl (C=O) groups is 1. The lowest BCUT2D eigenvalue weighted by Crippen LogP contribution is -2.50. The lowest BCUT2D eigenvalue weighted by molar-refractivity contribution is 0.0240. The Morgan fingerprint density at radius 1 is 0.829 bits per heavy atom. The van der Waals surface area contributed by atoms with E-state index in [1.807, 2.05) is 57.2 Å². The molecule has 2 aliphatic heterocycles. The number of hydrogen-bond donors (Lipinski definition) is 1. The van der Waals surface area contributed by atoms with Gasteiger partial charge in [-0.15, -0.1) is 0 Å². The van der Waals surface area contributed by atoms with E-state index in [9.17, 15) is 4.79 Å². The number of nitriles is 2. The van der Waals surface area contributed by atoms with E-state index in [1.54, 1.807) is 11.0 Å². The van der Waals surface area contributed by atoms with Gasteiger partial charge in [-0.3, -0.25) is 0 Å². The highest BCUT2D eigenvalue weighted by Crippen LogP contribution is 2.19. The molecule has 0 atom stereocenters. The maximum absolute atomic E-state index is 12.0. The van der Waals surface area contributed by atoms with Crippen molar-refractivity contribution in [3.05, 3.63) is 59.7 Å². The van der Waals surface area contributed by atoms with E-state index in [-0.39, 0.29) is 6.09 Å². The first-order valence-corrected chi connectivity index (χ1v) is 12.0. The SMILES string of the molecule is CC(C)(C)OC(=O)N1CCN(c2cccc(C#N)c2)CC1.N#Cc1cccc(N2CCNCC2)c1.